The number of fused-ring (bicyclic) bond motifs is 1. The topological polar surface area (TPSA) is 66.5 Å². The maximum absolute atomic E-state index is 12.8. The molecule has 5 heteroatoms. The van der Waals surface area contributed by atoms with Crippen molar-refractivity contribution < 1.29 is 14.4 Å². The van der Waals surface area contributed by atoms with Crippen LogP contribution in [0.1, 0.15) is 52.7 Å². The van der Waals surface area contributed by atoms with Gasteiger partial charge in [0, 0.05) is 24.6 Å². The molecule has 0 radical (unpaired) electrons. The van der Waals surface area contributed by atoms with Gasteiger partial charge in [0.2, 0.25) is 11.8 Å². The number of benzene rings is 2. The van der Waals surface area contributed by atoms with E-state index in [9.17, 15) is 14.4 Å². The van der Waals surface area contributed by atoms with Gasteiger partial charge in [-0.1, -0.05) is 48.0 Å². The van der Waals surface area contributed by atoms with Crippen molar-refractivity contribution in [1.82, 2.24) is 10.2 Å². The number of aryl methyl sites for hydroxylation is 1. The third-order valence-electron chi connectivity index (χ3n) is 6.38. The summed E-state index contributed by atoms with van der Waals surface area (Å²) in [5.74, 6) is 0.0917. The Morgan fingerprint density at radius 3 is 2.43 bits per heavy atom. The number of nitrogens with one attached hydrogen (secondary N) is 1. The molecule has 1 aliphatic heterocycles. The second kappa shape index (κ2) is 8.82. The molecule has 0 atom stereocenters. The molecule has 2 aromatic rings. The van der Waals surface area contributed by atoms with E-state index in [1.807, 2.05) is 49.4 Å². The number of imide groups is 1. The zero-order chi connectivity index (χ0) is 21.1. The first kappa shape index (κ1) is 20.3. The average molecular weight is 405 g/mol. The van der Waals surface area contributed by atoms with Crippen LogP contribution < -0.4 is 5.32 Å². The fourth-order valence-electron chi connectivity index (χ4n) is 4.49. The van der Waals surface area contributed by atoms with Crippen molar-refractivity contribution in [2.75, 3.05) is 6.54 Å². The summed E-state index contributed by atoms with van der Waals surface area (Å²) in [4.78, 5) is 39.2. The van der Waals surface area contributed by atoms with Gasteiger partial charge >= 0.3 is 0 Å². The van der Waals surface area contributed by atoms with E-state index in [4.69, 9.17) is 0 Å². The Bertz CT molecular complexity index is 943. The normalized spacial score (nSPS) is 21.3. The monoisotopic (exact) mass is 404 g/mol. The van der Waals surface area contributed by atoms with Gasteiger partial charge in [0.05, 0.1) is 6.42 Å². The summed E-state index contributed by atoms with van der Waals surface area (Å²) in [7, 11) is 0. The summed E-state index contributed by atoms with van der Waals surface area (Å²) in [6.45, 7) is 3.06. The van der Waals surface area contributed by atoms with Crippen molar-refractivity contribution in [3.05, 3.63) is 70.8 Å². The van der Waals surface area contributed by atoms with Gasteiger partial charge in [-0.25, -0.2) is 0 Å². The highest BCUT2D eigenvalue weighted by Crippen LogP contribution is 2.31. The van der Waals surface area contributed by atoms with E-state index < -0.39 is 0 Å². The lowest BCUT2D eigenvalue weighted by atomic mass is 9.81. The van der Waals surface area contributed by atoms with Crippen LogP contribution in [0.15, 0.2) is 48.5 Å². The molecule has 1 heterocycles. The minimum atomic E-state index is -0.181. The highest BCUT2D eigenvalue weighted by molar-refractivity contribution is 6.09. The van der Waals surface area contributed by atoms with E-state index in [2.05, 4.69) is 5.32 Å². The summed E-state index contributed by atoms with van der Waals surface area (Å²) in [5.41, 5.74) is 3.77. The van der Waals surface area contributed by atoms with E-state index in [0.717, 1.165) is 36.8 Å². The molecule has 2 aromatic carbocycles. The van der Waals surface area contributed by atoms with Gasteiger partial charge in [-0.15, -0.1) is 0 Å². The third-order valence-corrected chi connectivity index (χ3v) is 6.38. The van der Waals surface area contributed by atoms with Crippen molar-refractivity contribution in [2.24, 2.45) is 11.8 Å². The molecule has 3 amide bonds. The second-order valence-corrected chi connectivity index (χ2v) is 8.56. The van der Waals surface area contributed by atoms with E-state index in [-0.39, 0.29) is 29.6 Å². The number of amides is 3. The smallest absolute Gasteiger partial charge is 0.260 e. The predicted octanol–water partition coefficient (Wildman–Crippen LogP) is 3.64. The summed E-state index contributed by atoms with van der Waals surface area (Å²) < 4.78 is 0. The lowest BCUT2D eigenvalue weighted by Gasteiger charge is -2.33. The number of hydrogen-bond acceptors (Lipinski definition) is 3. The Morgan fingerprint density at radius 1 is 1.00 bits per heavy atom. The molecule has 1 saturated carbocycles. The molecule has 0 aromatic heterocycles. The zero-order valence-electron chi connectivity index (χ0n) is 17.4. The highest BCUT2D eigenvalue weighted by Gasteiger charge is 2.34. The maximum Gasteiger partial charge on any atom is 0.260 e. The Morgan fingerprint density at radius 2 is 1.70 bits per heavy atom. The van der Waals surface area contributed by atoms with Crippen LogP contribution in [-0.4, -0.2) is 29.2 Å². The molecule has 0 saturated heterocycles. The molecule has 1 aliphatic carbocycles. The maximum atomic E-state index is 12.8. The number of hydrogen-bond donors (Lipinski definition) is 1. The van der Waals surface area contributed by atoms with Crippen LogP contribution >= 0.6 is 0 Å². The summed E-state index contributed by atoms with van der Waals surface area (Å²) in [5, 5.41) is 3.05. The SMILES string of the molecule is Cc1ccc(CNC(=O)C2CCC(CN3C(=O)Cc4ccccc4C3=O)CC2)cc1. The second-order valence-electron chi connectivity index (χ2n) is 8.56. The Balaban J connectivity index is 1.27. The summed E-state index contributed by atoms with van der Waals surface area (Å²) >= 11 is 0. The first-order valence-corrected chi connectivity index (χ1v) is 10.8. The Labute approximate surface area is 177 Å². The molecule has 5 nitrogen and oxygen atoms in total. The Kier molecular flexibility index (Phi) is 5.98. The van der Waals surface area contributed by atoms with Gasteiger partial charge in [0.15, 0.2) is 0 Å². The lowest BCUT2D eigenvalue weighted by Crippen LogP contribution is -2.45. The lowest BCUT2D eigenvalue weighted by molar-refractivity contribution is -0.130. The largest absolute Gasteiger partial charge is 0.352 e. The van der Waals surface area contributed by atoms with Crippen LogP contribution in [0.25, 0.3) is 0 Å². The third kappa shape index (κ3) is 4.45. The van der Waals surface area contributed by atoms with Crippen molar-refractivity contribution in [2.45, 2.75) is 45.6 Å². The molecular formula is C25H28N2O3. The molecule has 156 valence electrons. The molecule has 1 fully saturated rings. The van der Waals surface area contributed by atoms with Crippen molar-refractivity contribution in [3.8, 4) is 0 Å². The van der Waals surface area contributed by atoms with Crippen LogP contribution in [0.5, 0.6) is 0 Å². The number of carbonyl (C=O) groups excluding carboxylic acids is 3. The molecule has 30 heavy (non-hydrogen) atoms. The van der Waals surface area contributed by atoms with Crippen molar-refractivity contribution >= 4 is 17.7 Å². The molecular weight excluding hydrogens is 376 g/mol. The Hall–Kier alpha value is -2.95. The van der Waals surface area contributed by atoms with Gasteiger partial charge < -0.3 is 5.32 Å². The molecule has 1 N–H and O–H groups in total. The summed E-state index contributed by atoms with van der Waals surface area (Å²) in [6.07, 6.45) is 3.62. The van der Waals surface area contributed by atoms with Crippen LogP contribution in [0, 0.1) is 18.8 Å². The fourth-order valence-corrected chi connectivity index (χ4v) is 4.49. The zero-order valence-corrected chi connectivity index (χ0v) is 17.4. The van der Waals surface area contributed by atoms with E-state index in [1.54, 1.807) is 6.07 Å². The fraction of sp³-hybridized carbons (Fsp3) is 0.400. The standard InChI is InChI=1S/C25H28N2O3/c1-17-6-8-18(9-7-17)15-26-24(29)20-12-10-19(11-13-20)16-27-23(28)14-21-4-2-3-5-22(21)25(27)30/h2-9,19-20H,10-16H2,1H3,(H,26,29). The summed E-state index contributed by atoms with van der Waals surface area (Å²) in [6, 6.07) is 15.5. The minimum Gasteiger partial charge on any atom is -0.352 e. The first-order valence-electron chi connectivity index (χ1n) is 10.8. The highest BCUT2D eigenvalue weighted by atomic mass is 16.2. The minimum absolute atomic E-state index is 0.0141. The first-order chi connectivity index (χ1) is 14.5. The number of nitrogens with zero attached hydrogens (tertiary/aromatic N) is 1. The number of rotatable bonds is 5. The predicted molar refractivity (Wildman–Crippen MR) is 115 cm³/mol. The van der Waals surface area contributed by atoms with Gasteiger partial charge in [0.1, 0.15) is 0 Å². The quantitative estimate of drug-likeness (QED) is 0.774. The molecule has 0 unspecified atom stereocenters. The van der Waals surface area contributed by atoms with Crippen LogP contribution in [0.2, 0.25) is 0 Å². The molecule has 0 spiro atoms. The van der Waals surface area contributed by atoms with E-state index in [1.165, 1.54) is 10.5 Å². The van der Waals surface area contributed by atoms with Gasteiger partial charge in [-0.05, 0) is 55.7 Å². The molecule has 0 bridgehead atoms. The van der Waals surface area contributed by atoms with Gasteiger partial charge in [-0.2, -0.15) is 0 Å². The van der Waals surface area contributed by atoms with Crippen LogP contribution in [0.4, 0.5) is 0 Å². The molecule has 4 rings (SSSR count). The van der Waals surface area contributed by atoms with Crippen molar-refractivity contribution in [3.63, 3.8) is 0 Å². The van der Waals surface area contributed by atoms with Crippen LogP contribution in [0.3, 0.4) is 0 Å². The van der Waals surface area contributed by atoms with Crippen molar-refractivity contribution in [1.29, 1.82) is 0 Å². The van der Waals surface area contributed by atoms with Crippen LogP contribution in [-0.2, 0) is 22.6 Å². The van der Waals surface area contributed by atoms with E-state index in [0.29, 0.717) is 25.1 Å². The van der Waals surface area contributed by atoms with E-state index >= 15 is 0 Å². The number of carbonyl (C=O) groups is 3. The molecule has 2 aliphatic rings. The average Bonchev–Trinajstić information content (AvgIpc) is 2.76. The van der Waals surface area contributed by atoms with Gasteiger partial charge in [0.25, 0.3) is 5.91 Å². The van der Waals surface area contributed by atoms with Gasteiger partial charge in [-0.3, -0.25) is 19.3 Å².